The first-order valence-electron chi connectivity index (χ1n) is 5.83. The molecular weight excluding hydrogens is 250 g/mol. The summed E-state index contributed by atoms with van der Waals surface area (Å²) in [6.45, 7) is 4.31. The van der Waals surface area contributed by atoms with E-state index in [4.69, 9.17) is 16.7 Å². The highest BCUT2D eigenvalue weighted by molar-refractivity contribution is 6.17. The molecule has 0 spiro atoms. The van der Waals surface area contributed by atoms with Crippen molar-refractivity contribution in [1.29, 1.82) is 0 Å². The molecule has 0 aliphatic heterocycles. The van der Waals surface area contributed by atoms with Crippen LogP contribution in [0.3, 0.4) is 0 Å². The summed E-state index contributed by atoms with van der Waals surface area (Å²) in [5.41, 5.74) is 2.33. The van der Waals surface area contributed by atoms with Gasteiger partial charge in [-0.3, -0.25) is 9.79 Å². The standard InChI is InChI=1S/C12H15NO.C2H5ClO/c1-10-5-3-4-6-12(10)9-13-8-7-11(2)14;3-1-2-4/h3-6,9H,7-8H2,1-2H3;4H,1-2H2. The van der Waals surface area contributed by atoms with Crippen LogP contribution >= 0.6 is 11.6 Å². The van der Waals surface area contributed by atoms with E-state index in [2.05, 4.69) is 4.99 Å². The van der Waals surface area contributed by atoms with Gasteiger partial charge in [-0.1, -0.05) is 24.3 Å². The Morgan fingerprint density at radius 3 is 2.56 bits per heavy atom. The fraction of sp³-hybridized carbons (Fsp3) is 0.429. The largest absolute Gasteiger partial charge is 0.395 e. The molecule has 0 saturated carbocycles. The van der Waals surface area contributed by atoms with Crippen LogP contribution in [-0.4, -0.2) is 36.1 Å². The molecule has 0 unspecified atom stereocenters. The molecule has 0 amide bonds. The molecule has 4 heteroatoms. The highest BCUT2D eigenvalue weighted by Crippen LogP contribution is 2.03. The third-order valence-electron chi connectivity index (χ3n) is 2.10. The molecule has 1 aromatic carbocycles. The maximum atomic E-state index is 10.6. The SMILES string of the molecule is CC(=O)CCN=Cc1ccccc1C.OCCCl. The Hall–Kier alpha value is -1.19. The van der Waals surface area contributed by atoms with Crippen molar-refractivity contribution in [2.45, 2.75) is 20.3 Å². The second-order valence-corrected chi connectivity index (χ2v) is 4.13. The summed E-state index contributed by atoms with van der Waals surface area (Å²) in [7, 11) is 0. The number of benzene rings is 1. The highest BCUT2D eigenvalue weighted by Gasteiger charge is 1.92. The van der Waals surface area contributed by atoms with Crippen molar-refractivity contribution in [2.24, 2.45) is 4.99 Å². The summed E-state index contributed by atoms with van der Waals surface area (Å²) < 4.78 is 0. The summed E-state index contributed by atoms with van der Waals surface area (Å²) in [5.74, 6) is 0.534. The van der Waals surface area contributed by atoms with Crippen LogP contribution in [0.25, 0.3) is 0 Å². The first-order chi connectivity index (χ1) is 8.61. The molecule has 0 atom stereocenters. The molecule has 0 aliphatic carbocycles. The number of carbonyl (C=O) groups is 1. The van der Waals surface area contributed by atoms with Crippen molar-refractivity contribution < 1.29 is 9.90 Å². The van der Waals surface area contributed by atoms with Crippen molar-refractivity contribution in [1.82, 2.24) is 0 Å². The number of aliphatic hydroxyl groups is 1. The molecule has 100 valence electrons. The van der Waals surface area contributed by atoms with Gasteiger partial charge in [0.2, 0.25) is 0 Å². The Bertz CT molecular complexity index is 376. The van der Waals surface area contributed by atoms with Crippen molar-refractivity contribution in [3.8, 4) is 0 Å². The number of carbonyl (C=O) groups excluding carboxylic acids is 1. The lowest BCUT2D eigenvalue weighted by Crippen LogP contribution is -1.94. The summed E-state index contributed by atoms with van der Waals surface area (Å²) in [6, 6.07) is 8.06. The molecule has 1 N–H and O–H groups in total. The smallest absolute Gasteiger partial charge is 0.131 e. The van der Waals surface area contributed by atoms with Gasteiger partial charge in [0.25, 0.3) is 0 Å². The van der Waals surface area contributed by atoms with E-state index in [1.165, 1.54) is 5.56 Å². The van der Waals surface area contributed by atoms with Crippen LogP contribution < -0.4 is 0 Å². The van der Waals surface area contributed by atoms with Crippen LogP contribution in [0.1, 0.15) is 24.5 Å². The highest BCUT2D eigenvalue weighted by atomic mass is 35.5. The molecule has 0 fully saturated rings. The van der Waals surface area contributed by atoms with Crippen molar-refractivity contribution in [3.63, 3.8) is 0 Å². The monoisotopic (exact) mass is 269 g/mol. The van der Waals surface area contributed by atoms with Crippen LogP contribution in [0, 0.1) is 6.92 Å². The van der Waals surface area contributed by atoms with E-state index in [0.29, 0.717) is 18.8 Å². The number of aryl methyl sites for hydroxylation is 1. The molecule has 3 nitrogen and oxygen atoms in total. The van der Waals surface area contributed by atoms with E-state index >= 15 is 0 Å². The quantitative estimate of drug-likeness (QED) is 0.660. The number of hydrogen-bond donors (Lipinski definition) is 1. The van der Waals surface area contributed by atoms with Crippen LogP contribution in [0.15, 0.2) is 29.3 Å². The van der Waals surface area contributed by atoms with Gasteiger partial charge in [-0.25, -0.2) is 0 Å². The maximum Gasteiger partial charge on any atom is 0.131 e. The summed E-state index contributed by atoms with van der Waals surface area (Å²) in [6.07, 6.45) is 2.36. The number of aliphatic hydroxyl groups excluding tert-OH is 1. The predicted octanol–water partition coefficient (Wildman–Crippen LogP) is 2.61. The average Bonchev–Trinajstić information content (AvgIpc) is 2.36. The molecule has 1 rings (SSSR count). The number of nitrogens with zero attached hydrogens (tertiary/aromatic N) is 1. The van der Waals surface area contributed by atoms with Crippen LogP contribution in [0.5, 0.6) is 0 Å². The van der Waals surface area contributed by atoms with E-state index in [1.54, 1.807) is 6.92 Å². The summed E-state index contributed by atoms with van der Waals surface area (Å²) >= 11 is 4.94. The number of aliphatic imine (C=N–C) groups is 1. The van der Waals surface area contributed by atoms with E-state index in [-0.39, 0.29) is 12.4 Å². The first-order valence-corrected chi connectivity index (χ1v) is 6.37. The van der Waals surface area contributed by atoms with Gasteiger partial charge in [0.1, 0.15) is 5.78 Å². The minimum Gasteiger partial charge on any atom is -0.395 e. The average molecular weight is 270 g/mol. The second-order valence-electron chi connectivity index (χ2n) is 3.76. The number of hydrogen-bond acceptors (Lipinski definition) is 3. The Labute approximate surface area is 114 Å². The van der Waals surface area contributed by atoms with Gasteiger partial charge in [-0.05, 0) is 25.0 Å². The third kappa shape index (κ3) is 8.90. The Kier molecular flexibility index (Phi) is 10.2. The van der Waals surface area contributed by atoms with E-state index < -0.39 is 0 Å². The molecular formula is C14H20ClNO2. The van der Waals surface area contributed by atoms with Gasteiger partial charge in [-0.2, -0.15) is 0 Å². The zero-order chi connectivity index (χ0) is 13.8. The van der Waals surface area contributed by atoms with Gasteiger partial charge in [0, 0.05) is 25.1 Å². The lowest BCUT2D eigenvalue weighted by Gasteiger charge is -1.97. The summed E-state index contributed by atoms with van der Waals surface area (Å²) in [5, 5.41) is 7.74. The van der Waals surface area contributed by atoms with E-state index in [9.17, 15) is 4.79 Å². The van der Waals surface area contributed by atoms with Crippen molar-refractivity contribution >= 4 is 23.6 Å². The minimum absolute atomic E-state index is 0.0849. The Morgan fingerprint density at radius 2 is 2.06 bits per heavy atom. The van der Waals surface area contributed by atoms with Crippen LogP contribution in [0.2, 0.25) is 0 Å². The molecule has 18 heavy (non-hydrogen) atoms. The first kappa shape index (κ1) is 16.8. The fourth-order valence-electron chi connectivity index (χ4n) is 1.12. The lowest BCUT2D eigenvalue weighted by atomic mass is 10.1. The van der Waals surface area contributed by atoms with Gasteiger partial charge < -0.3 is 5.11 Å². The van der Waals surface area contributed by atoms with Crippen molar-refractivity contribution in [2.75, 3.05) is 19.0 Å². The number of alkyl halides is 1. The lowest BCUT2D eigenvalue weighted by molar-refractivity contribution is -0.116. The van der Waals surface area contributed by atoms with E-state index in [1.807, 2.05) is 37.4 Å². The maximum absolute atomic E-state index is 10.6. The topological polar surface area (TPSA) is 49.7 Å². The minimum atomic E-state index is 0.0849. The molecule has 0 radical (unpaired) electrons. The Balaban J connectivity index is 0.000000631. The third-order valence-corrected chi connectivity index (χ3v) is 2.27. The van der Waals surface area contributed by atoms with Gasteiger partial charge in [0.05, 0.1) is 6.61 Å². The van der Waals surface area contributed by atoms with Gasteiger partial charge >= 0.3 is 0 Å². The van der Waals surface area contributed by atoms with Gasteiger partial charge in [0.15, 0.2) is 0 Å². The molecule has 0 bridgehead atoms. The molecule has 0 heterocycles. The normalized spacial score (nSPS) is 10.0. The second kappa shape index (κ2) is 10.9. The molecule has 0 aromatic heterocycles. The molecule has 0 saturated heterocycles. The molecule has 0 aliphatic rings. The van der Waals surface area contributed by atoms with E-state index in [0.717, 1.165) is 5.56 Å². The number of ketones is 1. The Morgan fingerprint density at radius 1 is 1.44 bits per heavy atom. The zero-order valence-corrected chi connectivity index (χ0v) is 11.7. The number of rotatable bonds is 5. The fourth-order valence-corrected chi connectivity index (χ4v) is 1.12. The number of Topliss-reactive ketones (excluding diaryl/α,β-unsaturated/α-hetero) is 1. The number of halogens is 1. The van der Waals surface area contributed by atoms with Crippen LogP contribution in [0.4, 0.5) is 0 Å². The van der Waals surface area contributed by atoms with Gasteiger partial charge in [-0.15, -0.1) is 11.6 Å². The molecule has 1 aromatic rings. The van der Waals surface area contributed by atoms with Crippen molar-refractivity contribution in [3.05, 3.63) is 35.4 Å². The zero-order valence-electron chi connectivity index (χ0n) is 10.9. The van der Waals surface area contributed by atoms with Crippen LogP contribution in [-0.2, 0) is 4.79 Å². The predicted molar refractivity (Wildman–Crippen MR) is 76.7 cm³/mol. The summed E-state index contributed by atoms with van der Waals surface area (Å²) in [4.78, 5) is 14.8.